The summed E-state index contributed by atoms with van der Waals surface area (Å²) in [6.45, 7) is 0. The minimum atomic E-state index is -0.381. The lowest BCUT2D eigenvalue weighted by Gasteiger charge is -2.05. The maximum atomic E-state index is 11.9. The van der Waals surface area contributed by atoms with Crippen molar-refractivity contribution in [3.63, 3.8) is 0 Å². The van der Waals surface area contributed by atoms with E-state index >= 15 is 0 Å². The van der Waals surface area contributed by atoms with Gasteiger partial charge in [-0.25, -0.2) is 15.0 Å². The van der Waals surface area contributed by atoms with Crippen LogP contribution in [0, 0.1) is 0 Å². The quantitative estimate of drug-likeness (QED) is 0.794. The lowest BCUT2D eigenvalue weighted by Crippen LogP contribution is -2.14. The smallest absolute Gasteiger partial charge is 0.322 e. The molecule has 0 aliphatic heterocycles. The number of hydrogen-bond acceptors (Lipinski definition) is 6. The topological polar surface area (TPSA) is 89.9 Å². The van der Waals surface area contributed by atoms with Crippen LogP contribution < -0.4 is 10.1 Å². The van der Waals surface area contributed by atoms with E-state index in [4.69, 9.17) is 4.74 Å². The monoisotopic (exact) mass is 293 g/mol. The lowest BCUT2D eigenvalue weighted by molar-refractivity contribution is 0.102. The molecule has 0 aliphatic carbocycles. The van der Waals surface area contributed by atoms with Gasteiger partial charge in [-0.05, 0) is 12.1 Å². The van der Waals surface area contributed by atoms with E-state index < -0.39 is 0 Å². The highest BCUT2D eigenvalue weighted by molar-refractivity contribution is 6.02. The maximum Gasteiger partial charge on any atom is 0.322 e. The molecular weight excluding hydrogens is 282 g/mol. The van der Waals surface area contributed by atoms with Crippen molar-refractivity contribution in [3.8, 4) is 11.8 Å². The third-order valence-electron chi connectivity index (χ3n) is 2.63. The largest absolute Gasteiger partial charge is 0.424 e. The summed E-state index contributed by atoms with van der Waals surface area (Å²) in [6, 6.07) is 9.39. The van der Waals surface area contributed by atoms with Crippen molar-refractivity contribution >= 4 is 11.6 Å². The molecule has 1 aromatic carbocycles. The van der Waals surface area contributed by atoms with Crippen molar-refractivity contribution in [2.75, 3.05) is 5.32 Å². The van der Waals surface area contributed by atoms with Crippen LogP contribution >= 0.6 is 0 Å². The van der Waals surface area contributed by atoms with Gasteiger partial charge in [0.1, 0.15) is 11.4 Å². The van der Waals surface area contributed by atoms with Crippen LogP contribution in [0.25, 0.3) is 0 Å². The van der Waals surface area contributed by atoms with Crippen molar-refractivity contribution in [2.45, 2.75) is 0 Å². The second-order valence-electron chi connectivity index (χ2n) is 4.21. The highest BCUT2D eigenvalue weighted by Crippen LogP contribution is 2.17. The fourth-order valence-electron chi connectivity index (χ4n) is 1.64. The van der Waals surface area contributed by atoms with E-state index in [1.54, 1.807) is 12.1 Å². The van der Waals surface area contributed by atoms with Crippen LogP contribution in [0.4, 0.5) is 5.69 Å². The molecule has 3 rings (SSSR count). The standard InChI is InChI=1S/C15H11N5O2/c21-14(13-10-16-6-7-17-13)20-11-8-18-15(19-9-11)22-12-4-2-1-3-5-12/h1-10H,(H,20,21). The molecule has 0 atom stereocenters. The maximum absolute atomic E-state index is 11.9. The van der Waals surface area contributed by atoms with Crippen LogP contribution in [0.1, 0.15) is 10.5 Å². The molecule has 1 N–H and O–H groups in total. The molecule has 0 saturated carbocycles. The van der Waals surface area contributed by atoms with Gasteiger partial charge in [0, 0.05) is 12.4 Å². The summed E-state index contributed by atoms with van der Waals surface area (Å²) >= 11 is 0. The number of carbonyl (C=O) groups excluding carboxylic acids is 1. The van der Waals surface area contributed by atoms with Crippen molar-refractivity contribution in [2.24, 2.45) is 0 Å². The lowest BCUT2D eigenvalue weighted by atomic mass is 10.3. The fourth-order valence-corrected chi connectivity index (χ4v) is 1.64. The van der Waals surface area contributed by atoms with E-state index in [-0.39, 0.29) is 17.6 Å². The number of rotatable bonds is 4. The summed E-state index contributed by atoms with van der Waals surface area (Å²) in [7, 11) is 0. The molecule has 7 nitrogen and oxygen atoms in total. The third-order valence-corrected chi connectivity index (χ3v) is 2.63. The molecule has 22 heavy (non-hydrogen) atoms. The molecule has 1 amide bonds. The number of amides is 1. The molecule has 3 aromatic rings. The van der Waals surface area contributed by atoms with Crippen molar-refractivity contribution < 1.29 is 9.53 Å². The minimum absolute atomic E-state index is 0.198. The second kappa shape index (κ2) is 6.40. The Bertz CT molecular complexity index is 748. The highest BCUT2D eigenvalue weighted by atomic mass is 16.5. The molecule has 0 aliphatic rings. The number of ether oxygens (including phenoxy) is 1. The number of aromatic nitrogens is 4. The Balaban J connectivity index is 1.66. The first-order valence-electron chi connectivity index (χ1n) is 6.43. The van der Waals surface area contributed by atoms with E-state index in [9.17, 15) is 4.79 Å². The molecule has 7 heteroatoms. The number of hydrogen-bond donors (Lipinski definition) is 1. The van der Waals surface area contributed by atoms with Crippen molar-refractivity contribution in [3.05, 3.63) is 67.0 Å². The van der Waals surface area contributed by atoms with Crippen LogP contribution in [0.3, 0.4) is 0 Å². The summed E-state index contributed by atoms with van der Waals surface area (Å²) in [6.07, 6.45) is 7.24. The fraction of sp³-hybridized carbons (Fsp3) is 0. The molecule has 0 bridgehead atoms. The Morgan fingerprint density at radius 2 is 1.73 bits per heavy atom. The zero-order chi connectivity index (χ0) is 15.2. The number of nitrogens with zero attached hydrogens (tertiary/aromatic N) is 4. The first kappa shape index (κ1) is 13.6. The predicted molar refractivity (Wildman–Crippen MR) is 78.5 cm³/mol. The Labute approximate surface area is 126 Å². The second-order valence-corrected chi connectivity index (χ2v) is 4.21. The van der Waals surface area contributed by atoms with Gasteiger partial charge in [0.15, 0.2) is 0 Å². The van der Waals surface area contributed by atoms with Gasteiger partial charge in [-0.15, -0.1) is 0 Å². The van der Waals surface area contributed by atoms with Gasteiger partial charge in [-0.1, -0.05) is 18.2 Å². The highest BCUT2D eigenvalue weighted by Gasteiger charge is 2.08. The number of benzene rings is 1. The van der Waals surface area contributed by atoms with Gasteiger partial charge in [0.25, 0.3) is 5.91 Å². The van der Waals surface area contributed by atoms with Crippen LogP contribution in [-0.4, -0.2) is 25.8 Å². The summed E-state index contributed by atoms with van der Waals surface area (Å²) in [5, 5.41) is 2.63. The summed E-state index contributed by atoms with van der Waals surface area (Å²) in [5.74, 6) is 0.257. The average molecular weight is 293 g/mol. The average Bonchev–Trinajstić information content (AvgIpc) is 2.58. The molecule has 108 valence electrons. The number of anilines is 1. The Morgan fingerprint density at radius 3 is 2.41 bits per heavy atom. The van der Waals surface area contributed by atoms with Crippen LogP contribution in [0.15, 0.2) is 61.3 Å². The predicted octanol–water partition coefficient (Wildman–Crippen LogP) is 2.31. The molecule has 0 saturated heterocycles. The van der Waals surface area contributed by atoms with Crippen LogP contribution in [-0.2, 0) is 0 Å². The Kier molecular flexibility index (Phi) is 3.96. The van der Waals surface area contributed by atoms with Crippen LogP contribution in [0.5, 0.6) is 11.8 Å². The SMILES string of the molecule is O=C(Nc1cnc(Oc2ccccc2)nc1)c1cnccn1. The van der Waals surface area contributed by atoms with Gasteiger partial charge in [0.2, 0.25) is 0 Å². The molecule has 0 radical (unpaired) electrons. The van der Waals surface area contributed by atoms with E-state index in [0.29, 0.717) is 11.4 Å². The van der Waals surface area contributed by atoms with Gasteiger partial charge >= 0.3 is 6.01 Å². The zero-order valence-corrected chi connectivity index (χ0v) is 11.4. The van der Waals surface area contributed by atoms with Gasteiger partial charge in [0.05, 0.1) is 24.3 Å². The number of nitrogens with one attached hydrogen (secondary N) is 1. The molecule has 0 fully saturated rings. The summed E-state index contributed by atoms with van der Waals surface area (Å²) < 4.78 is 5.47. The Hall–Kier alpha value is -3.35. The normalized spacial score (nSPS) is 10.0. The van der Waals surface area contributed by atoms with Crippen molar-refractivity contribution in [1.29, 1.82) is 0 Å². The number of carbonyl (C=O) groups is 1. The van der Waals surface area contributed by atoms with E-state index in [0.717, 1.165) is 0 Å². The van der Waals surface area contributed by atoms with Gasteiger partial charge in [-0.2, -0.15) is 0 Å². The van der Waals surface area contributed by atoms with E-state index in [2.05, 4.69) is 25.3 Å². The number of para-hydroxylation sites is 1. The molecule has 2 aromatic heterocycles. The molecule has 0 spiro atoms. The van der Waals surface area contributed by atoms with Crippen LogP contribution in [0.2, 0.25) is 0 Å². The van der Waals surface area contributed by atoms with E-state index in [1.807, 2.05) is 18.2 Å². The van der Waals surface area contributed by atoms with Crippen molar-refractivity contribution in [1.82, 2.24) is 19.9 Å². The Morgan fingerprint density at radius 1 is 0.955 bits per heavy atom. The van der Waals surface area contributed by atoms with Gasteiger partial charge < -0.3 is 10.1 Å². The zero-order valence-electron chi connectivity index (χ0n) is 11.4. The first-order chi connectivity index (χ1) is 10.8. The summed E-state index contributed by atoms with van der Waals surface area (Å²) in [5.41, 5.74) is 0.656. The molecule has 2 heterocycles. The third kappa shape index (κ3) is 3.40. The van der Waals surface area contributed by atoms with E-state index in [1.165, 1.54) is 31.0 Å². The van der Waals surface area contributed by atoms with Gasteiger partial charge in [-0.3, -0.25) is 9.78 Å². The minimum Gasteiger partial charge on any atom is -0.424 e. The summed E-state index contributed by atoms with van der Waals surface area (Å²) in [4.78, 5) is 27.7. The molecule has 0 unspecified atom stereocenters. The molecular formula is C15H11N5O2. The first-order valence-corrected chi connectivity index (χ1v) is 6.43.